The van der Waals surface area contributed by atoms with Gasteiger partial charge in [-0.3, -0.25) is 0 Å². The molecule has 0 radical (unpaired) electrons. The summed E-state index contributed by atoms with van der Waals surface area (Å²) in [5.41, 5.74) is 2.23. The minimum Gasteiger partial charge on any atom is -0.383 e. The van der Waals surface area contributed by atoms with Gasteiger partial charge in [0, 0.05) is 0 Å². The summed E-state index contributed by atoms with van der Waals surface area (Å²) in [4.78, 5) is 3.21. The number of nitrogens with zero attached hydrogens (tertiary/aromatic N) is 3. The quantitative estimate of drug-likeness (QED) is 0.591. The third kappa shape index (κ3) is 3.38. The lowest BCUT2D eigenvalue weighted by Gasteiger charge is -2.11. The molecule has 3 aromatic rings. The van der Waals surface area contributed by atoms with E-state index in [4.69, 9.17) is 17.3 Å². The van der Waals surface area contributed by atoms with E-state index in [0.29, 0.717) is 12.1 Å². The minimum absolute atomic E-state index is 0.173. The predicted octanol–water partition coefficient (Wildman–Crippen LogP) is 5.16. The van der Waals surface area contributed by atoms with Crippen molar-refractivity contribution in [3.05, 3.63) is 46.2 Å². The number of alkyl halides is 7. The maximum Gasteiger partial charge on any atom is 0.434 e. The first-order valence-corrected chi connectivity index (χ1v) is 7.49. The maximum atomic E-state index is 13.3. The summed E-state index contributed by atoms with van der Waals surface area (Å²) < 4.78 is 91.6. The lowest BCUT2D eigenvalue weighted by molar-refractivity contribution is -0.140. The maximum absolute atomic E-state index is 13.3. The molecule has 0 saturated carbocycles. The van der Waals surface area contributed by atoms with Crippen LogP contribution >= 0.6 is 11.6 Å². The minimum atomic E-state index is -4.95. The molecule has 2 aromatic heterocycles. The van der Waals surface area contributed by atoms with Crippen molar-refractivity contribution < 1.29 is 30.7 Å². The van der Waals surface area contributed by atoms with Crippen molar-refractivity contribution in [2.75, 3.05) is 5.73 Å². The largest absolute Gasteiger partial charge is 0.434 e. The lowest BCUT2D eigenvalue weighted by atomic mass is 10.2. The molecule has 12 heteroatoms. The Labute approximate surface area is 151 Å². The average molecular weight is 413 g/mol. The molecule has 0 saturated heterocycles. The van der Waals surface area contributed by atoms with E-state index in [9.17, 15) is 30.7 Å². The van der Waals surface area contributed by atoms with Crippen molar-refractivity contribution in [1.29, 1.82) is 0 Å². The molecule has 27 heavy (non-hydrogen) atoms. The van der Waals surface area contributed by atoms with Crippen LogP contribution in [-0.2, 0) is 19.0 Å². The molecule has 0 bridgehead atoms. The van der Waals surface area contributed by atoms with Gasteiger partial charge in [-0.1, -0.05) is 11.6 Å². The van der Waals surface area contributed by atoms with Crippen LogP contribution in [0.3, 0.4) is 0 Å². The lowest BCUT2D eigenvalue weighted by Crippen LogP contribution is -2.11. The van der Waals surface area contributed by atoms with E-state index in [1.54, 1.807) is 0 Å². The van der Waals surface area contributed by atoms with E-state index in [0.717, 1.165) is 16.8 Å². The molecule has 0 fully saturated rings. The molecule has 2 heterocycles. The molecule has 0 aliphatic heterocycles. The van der Waals surface area contributed by atoms with Gasteiger partial charge in [0.25, 0.3) is 0 Å². The second kappa shape index (κ2) is 6.25. The second-order valence-corrected chi connectivity index (χ2v) is 5.86. The molecule has 0 aliphatic carbocycles. The molecule has 4 nitrogen and oxygen atoms in total. The Morgan fingerprint density at radius 2 is 1.70 bits per heavy atom. The number of benzene rings is 1. The van der Waals surface area contributed by atoms with E-state index < -0.39 is 52.2 Å². The third-order valence-electron chi connectivity index (χ3n) is 3.65. The van der Waals surface area contributed by atoms with Gasteiger partial charge >= 0.3 is 12.4 Å². The molecule has 0 atom stereocenters. The van der Waals surface area contributed by atoms with Crippen molar-refractivity contribution in [2.24, 2.45) is 0 Å². The second-order valence-electron chi connectivity index (χ2n) is 5.45. The number of pyridine rings is 1. The monoisotopic (exact) mass is 412 g/mol. The normalized spacial score (nSPS) is 12.7. The molecule has 2 N–H and O–H groups in total. The van der Waals surface area contributed by atoms with Gasteiger partial charge in [-0.05, 0) is 24.3 Å². The topological polar surface area (TPSA) is 56.7 Å². The summed E-state index contributed by atoms with van der Waals surface area (Å²) in [7, 11) is 0. The highest BCUT2D eigenvalue weighted by atomic mass is 35.5. The van der Waals surface area contributed by atoms with Crippen molar-refractivity contribution in [1.82, 2.24) is 14.8 Å². The fourth-order valence-electron chi connectivity index (χ4n) is 2.49. The fraction of sp³-hybridized carbons (Fsp3) is 0.200. The van der Waals surface area contributed by atoms with Gasteiger partial charge in [-0.15, -0.1) is 0 Å². The predicted molar refractivity (Wildman–Crippen MR) is 83.1 cm³/mol. The van der Waals surface area contributed by atoms with Crippen LogP contribution in [0.15, 0.2) is 24.3 Å². The van der Waals surface area contributed by atoms with Gasteiger partial charge in [-0.2, -0.15) is 31.4 Å². The smallest absolute Gasteiger partial charge is 0.383 e. The first kappa shape index (κ1) is 19.2. The number of fused-ring (bicyclic) bond motifs is 1. The van der Waals surface area contributed by atoms with Crippen molar-refractivity contribution in [2.45, 2.75) is 19.0 Å². The van der Waals surface area contributed by atoms with Gasteiger partial charge in [-0.25, -0.2) is 14.1 Å². The van der Waals surface area contributed by atoms with Crippen LogP contribution in [0.1, 0.15) is 17.0 Å². The van der Waals surface area contributed by atoms with E-state index in [-0.39, 0.29) is 11.2 Å². The Morgan fingerprint density at radius 1 is 1.04 bits per heavy atom. The number of hydrogen-bond acceptors (Lipinski definition) is 3. The Hall–Kier alpha value is -2.56. The SMILES string of the molecule is Nc1c2c(C(F)(F)F)nc(CF)cc2nn1-c1ccc(C(F)(F)F)cc1Cl. The van der Waals surface area contributed by atoms with Crippen LogP contribution in [0.4, 0.5) is 36.6 Å². The summed E-state index contributed by atoms with van der Waals surface area (Å²) in [6.45, 7) is -1.27. The van der Waals surface area contributed by atoms with Gasteiger partial charge < -0.3 is 5.73 Å². The summed E-state index contributed by atoms with van der Waals surface area (Å²) >= 11 is 5.84. The van der Waals surface area contributed by atoms with Gasteiger partial charge in [0.2, 0.25) is 0 Å². The number of aromatic nitrogens is 3. The molecule has 0 spiro atoms. The van der Waals surface area contributed by atoms with Gasteiger partial charge in [0.15, 0.2) is 5.69 Å². The van der Waals surface area contributed by atoms with Gasteiger partial charge in [0.1, 0.15) is 12.5 Å². The van der Waals surface area contributed by atoms with E-state index in [2.05, 4.69) is 10.1 Å². The summed E-state index contributed by atoms with van der Waals surface area (Å²) in [5.74, 6) is -0.545. The Balaban J connectivity index is 2.27. The molecule has 144 valence electrons. The molecule has 3 rings (SSSR count). The number of nitrogen functional groups attached to an aromatic ring is 1. The van der Waals surface area contributed by atoms with E-state index in [1.807, 2.05) is 0 Å². The summed E-state index contributed by atoms with van der Waals surface area (Å²) in [5, 5.41) is 2.80. The Kier molecular flexibility index (Phi) is 4.45. The average Bonchev–Trinajstić information content (AvgIpc) is 2.88. The number of nitrogens with two attached hydrogens (primary N) is 1. The fourth-order valence-corrected chi connectivity index (χ4v) is 2.75. The molecular formula is C15H8ClF7N4. The number of anilines is 1. The number of halogens is 8. The Morgan fingerprint density at radius 3 is 2.22 bits per heavy atom. The van der Waals surface area contributed by atoms with Crippen LogP contribution in [0.25, 0.3) is 16.6 Å². The highest BCUT2D eigenvalue weighted by Crippen LogP contribution is 2.39. The summed E-state index contributed by atoms with van der Waals surface area (Å²) in [6.07, 6.45) is -9.61. The molecule has 0 unspecified atom stereocenters. The standard InChI is InChI=1S/C15H8ClF7N4/c16-8-3-6(14(18,19)20)1-2-10(8)27-13(24)11-9(26-27)4-7(5-17)25-12(11)15(21,22)23/h1-4H,5,24H2. The highest BCUT2D eigenvalue weighted by molar-refractivity contribution is 6.32. The van der Waals surface area contributed by atoms with Crippen LogP contribution in [-0.4, -0.2) is 14.8 Å². The summed E-state index contributed by atoms with van der Waals surface area (Å²) in [6, 6.07) is 3.17. The zero-order valence-electron chi connectivity index (χ0n) is 13.0. The molecule has 1 aromatic carbocycles. The third-order valence-corrected chi connectivity index (χ3v) is 3.96. The molecular weight excluding hydrogens is 405 g/mol. The first-order valence-electron chi connectivity index (χ1n) is 7.12. The highest BCUT2D eigenvalue weighted by Gasteiger charge is 2.37. The van der Waals surface area contributed by atoms with Gasteiger partial charge in [0.05, 0.1) is 32.9 Å². The molecule has 0 aliphatic rings. The zero-order valence-corrected chi connectivity index (χ0v) is 13.7. The number of rotatable bonds is 2. The van der Waals surface area contributed by atoms with Crippen LogP contribution < -0.4 is 5.73 Å². The first-order chi connectivity index (χ1) is 12.4. The van der Waals surface area contributed by atoms with Crippen LogP contribution in [0.5, 0.6) is 0 Å². The van der Waals surface area contributed by atoms with Crippen molar-refractivity contribution in [3.8, 4) is 5.69 Å². The van der Waals surface area contributed by atoms with E-state index in [1.165, 1.54) is 0 Å². The number of hydrogen-bond donors (Lipinski definition) is 1. The zero-order chi connectivity index (χ0) is 20.1. The Bertz CT molecular complexity index is 1020. The molecule has 0 amide bonds. The van der Waals surface area contributed by atoms with Crippen LogP contribution in [0.2, 0.25) is 5.02 Å². The van der Waals surface area contributed by atoms with Crippen LogP contribution in [0, 0.1) is 0 Å². The van der Waals surface area contributed by atoms with Crippen molar-refractivity contribution >= 4 is 28.3 Å². The van der Waals surface area contributed by atoms with E-state index >= 15 is 0 Å². The van der Waals surface area contributed by atoms with Crippen molar-refractivity contribution in [3.63, 3.8) is 0 Å².